The number of hydrogen-bond acceptors (Lipinski definition) is 6. The second-order valence-electron chi connectivity index (χ2n) is 7.50. The number of thiol groups is 2. The van der Waals surface area contributed by atoms with Crippen molar-refractivity contribution in [3.8, 4) is 11.5 Å². The Bertz CT molecular complexity index is 1300. The second kappa shape index (κ2) is 12.6. The molecule has 0 amide bonds. The van der Waals surface area contributed by atoms with Crippen LogP contribution in [0.15, 0.2) is 90.3 Å². The quantitative estimate of drug-likeness (QED) is 0.185. The molecule has 4 aromatic rings. The fourth-order valence-corrected chi connectivity index (χ4v) is 4.20. The Balaban J connectivity index is 0.000000229. The zero-order valence-corrected chi connectivity index (χ0v) is 21.4. The molecule has 0 aliphatic carbocycles. The zero-order chi connectivity index (χ0) is 24.5. The van der Waals surface area contributed by atoms with E-state index in [1.54, 1.807) is 18.4 Å². The Labute approximate surface area is 215 Å². The van der Waals surface area contributed by atoms with Crippen molar-refractivity contribution >= 4 is 59.3 Å². The first kappa shape index (κ1) is 25.8. The van der Waals surface area contributed by atoms with Crippen molar-refractivity contribution in [1.29, 1.82) is 0 Å². The van der Waals surface area contributed by atoms with Crippen molar-refractivity contribution in [2.45, 2.75) is 17.7 Å². The van der Waals surface area contributed by atoms with Crippen LogP contribution >= 0.6 is 37.3 Å². The maximum Gasteiger partial charge on any atom is 0.219 e. The molecular weight excluding hydrogens is 481 g/mol. The van der Waals surface area contributed by atoms with Gasteiger partial charge in [-0.25, -0.2) is 0 Å². The number of phenolic OH excluding ortho intramolecular Hbond substituents is 1. The van der Waals surface area contributed by atoms with Crippen LogP contribution in [0.3, 0.4) is 0 Å². The predicted octanol–water partition coefficient (Wildman–Crippen LogP) is 7.68. The highest BCUT2D eigenvalue weighted by Gasteiger charge is 2.06. The van der Waals surface area contributed by atoms with Gasteiger partial charge in [-0.15, -0.1) is 12.6 Å². The van der Waals surface area contributed by atoms with E-state index in [1.807, 2.05) is 24.3 Å². The average molecular weight is 507 g/mol. The Hall–Kier alpha value is -2.80. The van der Waals surface area contributed by atoms with Gasteiger partial charge in [0.25, 0.3) is 0 Å². The van der Waals surface area contributed by atoms with E-state index in [4.69, 9.17) is 4.18 Å². The standard InChI is InChI=1S/C20H18OS.C8H8O2S2/c1-2-16-12-13-17(20-9-4-3-8-19(16)20)11-10-15-6-5-7-18(14-15)21-22;1-12-8(10)5-2-3-7(11)6(9)4-5/h2-9,12-14,22H,1,10-11H2;2-4,9,11H,1H3. The Kier molecular flexibility index (Phi) is 9.57. The molecule has 0 bridgehead atoms. The van der Waals surface area contributed by atoms with Crippen LogP contribution in [0.2, 0.25) is 0 Å². The summed E-state index contributed by atoms with van der Waals surface area (Å²) in [7, 11) is 0. The lowest BCUT2D eigenvalue weighted by Crippen LogP contribution is -1.94. The molecule has 4 aromatic carbocycles. The van der Waals surface area contributed by atoms with E-state index in [9.17, 15) is 9.90 Å². The molecule has 0 saturated heterocycles. The lowest BCUT2D eigenvalue weighted by Gasteiger charge is -2.10. The van der Waals surface area contributed by atoms with Crippen molar-refractivity contribution < 1.29 is 14.1 Å². The average Bonchev–Trinajstić information content (AvgIpc) is 2.88. The number of benzene rings is 4. The van der Waals surface area contributed by atoms with Gasteiger partial charge in [-0.3, -0.25) is 4.79 Å². The summed E-state index contributed by atoms with van der Waals surface area (Å²) in [5, 5.41) is 11.7. The van der Waals surface area contributed by atoms with E-state index < -0.39 is 0 Å². The topological polar surface area (TPSA) is 46.5 Å². The second-order valence-corrected chi connectivity index (χ2v) is 8.94. The molecule has 0 heterocycles. The van der Waals surface area contributed by atoms with Crippen LogP contribution in [-0.4, -0.2) is 16.5 Å². The summed E-state index contributed by atoms with van der Waals surface area (Å²) in [6.07, 6.45) is 5.59. The summed E-state index contributed by atoms with van der Waals surface area (Å²) < 4.78 is 4.99. The normalized spacial score (nSPS) is 10.3. The monoisotopic (exact) mass is 506 g/mol. The largest absolute Gasteiger partial charge is 0.507 e. The van der Waals surface area contributed by atoms with Gasteiger partial charge in [0, 0.05) is 23.4 Å². The number of aryl methyl sites for hydroxylation is 2. The van der Waals surface area contributed by atoms with Crippen molar-refractivity contribution in [3.05, 3.63) is 108 Å². The first-order valence-corrected chi connectivity index (χ1v) is 12.6. The SMILES string of the molecule is C=Cc1ccc(CCc2cccc(OS)c2)c2ccccc12.CSC(=O)c1ccc(S)c(O)c1. The molecule has 0 atom stereocenters. The highest BCUT2D eigenvalue weighted by atomic mass is 32.2. The van der Waals surface area contributed by atoms with Crippen LogP contribution < -0.4 is 4.18 Å². The van der Waals surface area contributed by atoms with Gasteiger partial charge >= 0.3 is 0 Å². The molecule has 0 aliphatic heterocycles. The van der Waals surface area contributed by atoms with Crippen LogP contribution in [0.1, 0.15) is 27.0 Å². The van der Waals surface area contributed by atoms with E-state index in [1.165, 1.54) is 33.5 Å². The van der Waals surface area contributed by atoms with Gasteiger partial charge in [-0.05, 0) is 76.9 Å². The molecule has 0 radical (unpaired) electrons. The third-order valence-corrected chi connectivity index (χ3v) is 6.55. The molecule has 0 aliphatic rings. The highest BCUT2D eigenvalue weighted by molar-refractivity contribution is 8.13. The number of phenols is 1. The maximum atomic E-state index is 11.1. The van der Waals surface area contributed by atoms with E-state index in [0.717, 1.165) is 30.4 Å². The van der Waals surface area contributed by atoms with Gasteiger partial charge in [0.15, 0.2) is 0 Å². The summed E-state index contributed by atoms with van der Waals surface area (Å²) >= 11 is 8.95. The van der Waals surface area contributed by atoms with Crippen molar-refractivity contribution in [3.63, 3.8) is 0 Å². The van der Waals surface area contributed by atoms with E-state index in [2.05, 4.69) is 74.6 Å². The van der Waals surface area contributed by atoms with Crippen molar-refractivity contribution in [1.82, 2.24) is 0 Å². The molecular formula is C28H26O3S3. The minimum Gasteiger partial charge on any atom is -0.507 e. The van der Waals surface area contributed by atoms with Crippen molar-refractivity contribution in [2.24, 2.45) is 0 Å². The van der Waals surface area contributed by atoms with Crippen LogP contribution in [-0.2, 0) is 12.8 Å². The van der Waals surface area contributed by atoms with Crippen LogP contribution in [0, 0.1) is 0 Å². The molecule has 0 unspecified atom stereocenters. The van der Waals surface area contributed by atoms with Crippen LogP contribution in [0.25, 0.3) is 16.8 Å². The Morgan fingerprint density at radius 3 is 2.44 bits per heavy atom. The lowest BCUT2D eigenvalue weighted by atomic mass is 9.95. The maximum absolute atomic E-state index is 11.1. The molecule has 6 heteroatoms. The van der Waals surface area contributed by atoms with E-state index in [0.29, 0.717) is 10.5 Å². The van der Waals surface area contributed by atoms with Gasteiger partial charge in [0.05, 0.1) is 0 Å². The zero-order valence-electron chi connectivity index (χ0n) is 18.8. The third-order valence-electron chi connectivity index (χ3n) is 5.35. The molecule has 0 fully saturated rings. The summed E-state index contributed by atoms with van der Waals surface area (Å²) in [5.41, 5.74) is 4.30. The molecule has 34 heavy (non-hydrogen) atoms. The fourth-order valence-electron chi connectivity index (χ4n) is 3.59. The number of aromatic hydroxyl groups is 1. The smallest absolute Gasteiger partial charge is 0.219 e. The molecule has 4 rings (SSSR count). The predicted molar refractivity (Wildman–Crippen MR) is 151 cm³/mol. The number of thioether (sulfide) groups is 1. The number of rotatable bonds is 6. The first-order valence-electron chi connectivity index (χ1n) is 10.6. The Morgan fingerprint density at radius 2 is 1.76 bits per heavy atom. The molecule has 1 N–H and O–H groups in total. The molecule has 0 spiro atoms. The summed E-state index contributed by atoms with van der Waals surface area (Å²) in [6, 6.07) is 25.6. The van der Waals surface area contributed by atoms with Crippen LogP contribution in [0.4, 0.5) is 0 Å². The molecule has 0 saturated carbocycles. The number of hydrogen-bond donors (Lipinski definition) is 3. The van der Waals surface area contributed by atoms with Gasteiger partial charge in [-0.2, -0.15) is 0 Å². The van der Waals surface area contributed by atoms with Gasteiger partial charge in [0.1, 0.15) is 11.5 Å². The summed E-state index contributed by atoms with van der Waals surface area (Å²) in [4.78, 5) is 11.6. The van der Waals surface area contributed by atoms with E-state index >= 15 is 0 Å². The van der Waals surface area contributed by atoms with Crippen LogP contribution in [0.5, 0.6) is 11.5 Å². The molecule has 0 aromatic heterocycles. The minimum atomic E-state index is -0.0568. The number of carbonyl (C=O) groups excluding carboxylic acids is 1. The Morgan fingerprint density at radius 1 is 1.00 bits per heavy atom. The van der Waals surface area contributed by atoms with Gasteiger partial charge < -0.3 is 9.29 Å². The van der Waals surface area contributed by atoms with Gasteiger partial charge in [0.2, 0.25) is 5.12 Å². The minimum absolute atomic E-state index is 0.0400. The fraction of sp³-hybridized carbons (Fsp3) is 0.107. The van der Waals surface area contributed by atoms with Crippen molar-refractivity contribution in [2.75, 3.05) is 6.26 Å². The third kappa shape index (κ3) is 6.63. The van der Waals surface area contributed by atoms with Gasteiger partial charge in [-0.1, -0.05) is 72.9 Å². The molecule has 3 nitrogen and oxygen atoms in total. The number of carbonyl (C=O) groups is 1. The number of fused-ring (bicyclic) bond motifs is 1. The first-order chi connectivity index (χ1) is 16.5. The molecule has 174 valence electrons. The lowest BCUT2D eigenvalue weighted by molar-refractivity contribution is 0.108. The summed E-state index contributed by atoms with van der Waals surface area (Å²) in [5.74, 6) is 0.825. The highest BCUT2D eigenvalue weighted by Crippen LogP contribution is 2.26. The van der Waals surface area contributed by atoms with E-state index in [-0.39, 0.29) is 10.9 Å². The summed E-state index contributed by atoms with van der Waals surface area (Å²) in [6.45, 7) is 3.90.